The maximum atomic E-state index is 12.2. The Morgan fingerprint density at radius 2 is 1.93 bits per heavy atom. The summed E-state index contributed by atoms with van der Waals surface area (Å²) in [5.74, 6) is 0.222. The molecule has 2 fully saturated rings. The van der Waals surface area contributed by atoms with Crippen molar-refractivity contribution in [2.75, 3.05) is 6.26 Å². The molecule has 8 heteroatoms. The minimum absolute atomic E-state index is 0.0433. The lowest BCUT2D eigenvalue weighted by atomic mass is 9.67. The molecule has 2 bridgehead atoms. The van der Waals surface area contributed by atoms with Crippen molar-refractivity contribution in [1.82, 2.24) is 14.5 Å². The highest BCUT2D eigenvalue weighted by Crippen LogP contribution is 2.51. The van der Waals surface area contributed by atoms with Crippen LogP contribution < -0.4 is 0 Å². The van der Waals surface area contributed by atoms with Crippen molar-refractivity contribution in [2.24, 2.45) is 11.3 Å². The molecule has 2 saturated heterocycles. The second kappa shape index (κ2) is 6.44. The summed E-state index contributed by atoms with van der Waals surface area (Å²) in [5, 5.41) is 19.8. The first-order chi connectivity index (χ1) is 12.6. The fourth-order valence-corrected chi connectivity index (χ4v) is 6.87. The van der Waals surface area contributed by atoms with Gasteiger partial charge < -0.3 is 5.11 Å². The Hall–Kier alpha value is -1.15. The molecule has 0 spiro atoms. The highest BCUT2D eigenvalue weighted by atomic mass is 35.5. The van der Waals surface area contributed by atoms with E-state index in [9.17, 15) is 13.5 Å². The summed E-state index contributed by atoms with van der Waals surface area (Å²) in [6, 6.07) is 3.71. The zero-order valence-corrected chi connectivity index (χ0v) is 17.4. The van der Waals surface area contributed by atoms with Gasteiger partial charge in [0, 0.05) is 28.1 Å². The molecule has 0 aliphatic carbocycles. The lowest BCUT2D eigenvalue weighted by Gasteiger charge is -2.46. The summed E-state index contributed by atoms with van der Waals surface area (Å²) in [7, 11) is -3.19. The van der Waals surface area contributed by atoms with Gasteiger partial charge in [-0.2, -0.15) is 9.40 Å². The van der Waals surface area contributed by atoms with Crippen LogP contribution in [0.3, 0.4) is 0 Å². The number of hydrogen-bond donors (Lipinski definition) is 2. The molecule has 2 N–H and O–H groups in total. The van der Waals surface area contributed by atoms with Crippen molar-refractivity contribution in [3.05, 3.63) is 28.9 Å². The molecule has 148 valence electrons. The van der Waals surface area contributed by atoms with Crippen LogP contribution in [0, 0.1) is 11.3 Å². The number of nitrogens with one attached hydrogen (secondary N) is 1. The van der Waals surface area contributed by atoms with E-state index < -0.39 is 21.5 Å². The van der Waals surface area contributed by atoms with Crippen molar-refractivity contribution in [3.8, 4) is 0 Å². The quantitative estimate of drug-likeness (QED) is 0.806. The number of piperidine rings is 1. The largest absolute Gasteiger partial charge is 0.388 e. The molecule has 1 unspecified atom stereocenters. The molecule has 0 radical (unpaired) electrons. The lowest BCUT2D eigenvalue weighted by molar-refractivity contribution is -0.0221. The smallest absolute Gasteiger partial charge is 0.211 e. The molecule has 2 aliphatic rings. The molecule has 1 aromatic heterocycles. The van der Waals surface area contributed by atoms with Gasteiger partial charge in [0.05, 0.1) is 24.1 Å². The molecule has 2 aromatic rings. The molecule has 1 aromatic carbocycles. The number of aliphatic hydroxyl groups is 1. The van der Waals surface area contributed by atoms with Crippen LogP contribution in [0.4, 0.5) is 0 Å². The van der Waals surface area contributed by atoms with Crippen molar-refractivity contribution < 1.29 is 13.5 Å². The summed E-state index contributed by atoms with van der Waals surface area (Å²) in [5.41, 5.74) is 1.13. The van der Waals surface area contributed by atoms with Gasteiger partial charge in [-0.25, -0.2) is 8.42 Å². The van der Waals surface area contributed by atoms with E-state index in [1.54, 1.807) is 16.6 Å². The average Bonchev–Trinajstić information content (AvgIpc) is 3.15. The first-order valence-electron chi connectivity index (χ1n) is 9.38. The topological polar surface area (TPSA) is 86.3 Å². The van der Waals surface area contributed by atoms with E-state index in [4.69, 9.17) is 11.6 Å². The highest BCUT2D eigenvalue weighted by Gasteiger charge is 2.50. The number of aliphatic hydroxyl groups excluding tert-OH is 1. The van der Waals surface area contributed by atoms with Gasteiger partial charge in [-0.1, -0.05) is 25.4 Å². The number of nitrogens with zero attached hydrogens (tertiary/aromatic N) is 2. The minimum atomic E-state index is -3.19. The van der Waals surface area contributed by atoms with Crippen LogP contribution in [0.5, 0.6) is 0 Å². The average molecular weight is 412 g/mol. The Balaban J connectivity index is 1.65. The normalized spacial score (nSPS) is 28.0. The number of fused-ring (bicyclic) bond motifs is 3. The number of H-pyrrole nitrogens is 1. The second-order valence-corrected chi connectivity index (χ2v) is 11.0. The van der Waals surface area contributed by atoms with E-state index in [0.29, 0.717) is 5.02 Å². The maximum absolute atomic E-state index is 12.2. The van der Waals surface area contributed by atoms with Gasteiger partial charge in [0.15, 0.2) is 0 Å². The van der Waals surface area contributed by atoms with Gasteiger partial charge in [-0.3, -0.25) is 5.10 Å². The summed E-state index contributed by atoms with van der Waals surface area (Å²) in [6.45, 7) is 4.14. The van der Waals surface area contributed by atoms with Crippen LogP contribution in [0.2, 0.25) is 5.02 Å². The van der Waals surface area contributed by atoms with E-state index in [-0.39, 0.29) is 18.0 Å². The van der Waals surface area contributed by atoms with E-state index in [1.807, 2.05) is 6.07 Å². The predicted octanol–water partition coefficient (Wildman–Crippen LogP) is 3.48. The van der Waals surface area contributed by atoms with Crippen LogP contribution >= 0.6 is 11.6 Å². The summed E-state index contributed by atoms with van der Waals surface area (Å²) >= 11 is 6.26. The third-order valence-electron chi connectivity index (χ3n) is 6.64. The number of aromatic nitrogens is 2. The van der Waals surface area contributed by atoms with Gasteiger partial charge in [0.25, 0.3) is 0 Å². The molecule has 3 heterocycles. The zero-order valence-electron chi connectivity index (χ0n) is 15.8. The van der Waals surface area contributed by atoms with E-state index in [0.717, 1.165) is 42.1 Å². The molecular weight excluding hydrogens is 386 g/mol. The molecule has 0 amide bonds. The van der Waals surface area contributed by atoms with Crippen molar-refractivity contribution >= 4 is 32.5 Å². The summed E-state index contributed by atoms with van der Waals surface area (Å²) in [6.07, 6.45) is 5.65. The van der Waals surface area contributed by atoms with Gasteiger partial charge in [0.1, 0.15) is 0 Å². The molecule has 27 heavy (non-hydrogen) atoms. The van der Waals surface area contributed by atoms with E-state index >= 15 is 0 Å². The van der Waals surface area contributed by atoms with Crippen LogP contribution in [-0.2, 0) is 10.0 Å². The van der Waals surface area contributed by atoms with Crippen LogP contribution in [-0.4, -0.2) is 46.4 Å². The standard InChI is InChI=1S/C19H26ClN3O3S/c1-19(2,12-7-14-4-5-15(8-12)23(14)27(3,25)26)18(24)16-9-13(20)6-11-10-21-22-17(11)16/h6,9-10,12,14-15,18,24H,4-5,7-8H2,1-3H3,(H,21,22)/t12-,14-,15+,18?. The first kappa shape index (κ1) is 19.2. The molecule has 6 nitrogen and oxygen atoms in total. The minimum Gasteiger partial charge on any atom is -0.388 e. The molecule has 0 saturated carbocycles. The van der Waals surface area contributed by atoms with Crippen molar-refractivity contribution in [1.29, 1.82) is 0 Å². The van der Waals surface area contributed by atoms with E-state index in [2.05, 4.69) is 24.0 Å². The summed E-state index contributed by atoms with van der Waals surface area (Å²) < 4.78 is 26.0. The molecular formula is C19H26ClN3O3S. The lowest BCUT2D eigenvalue weighted by Crippen LogP contribution is -2.49. The molecule has 4 atom stereocenters. The number of sulfonamides is 1. The fraction of sp³-hybridized carbons (Fsp3) is 0.632. The predicted molar refractivity (Wildman–Crippen MR) is 106 cm³/mol. The SMILES string of the molecule is CC(C)(C(O)c1cc(Cl)cc2cn[nH]c12)[C@@H]1C[C@H]2CC[C@@H](C1)N2S(C)(=O)=O. The van der Waals surface area contributed by atoms with Gasteiger partial charge in [0.2, 0.25) is 10.0 Å². The number of hydrogen-bond acceptors (Lipinski definition) is 4. The van der Waals surface area contributed by atoms with Gasteiger partial charge in [-0.15, -0.1) is 0 Å². The Morgan fingerprint density at radius 3 is 2.52 bits per heavy atom. The van der Waals surface area contributed by atoms with Crippen LogP contribution in [0.15, 0.2) is 18.3 Å². The maximum Gasteiger partial charge on any atom is 0.211 e. The highest BCUT2D eigenvalue weighted by molar-refractivity contribution is 7.88. The van der Waals surface area contributed by atoms with Gasteiger partial charge >= 0.3 is 0 Å². The van der Waals surface area contributed by atoms with Crippen LogP contribution in [0.25, 0.3) is 10.9 Å². The van der Waals surface area contributed by atoms with Gasteiger partial charge in [-0.05, 0) is 49.1 Å². The number of benzene rings is 1. The first-order valence-corrected chi connectivity index (χ1v) is 11.6. The van der Waals surface area contributed by atoms with Crippen molar-refractivity contribution in [3.63, 3.8) is 0 Å². The number of rotatable bonds is 4. The second-order valence-electron chi connectivity index (χ2n) is 8.70. The molecule has 4 rings (SSSR count). The third-order valence-corrected chi connectivity index (χ3v) is 8.23. The number of halogens is 1. The zero-order chi connectivity index (χ0) is 19.6. The fourth-order valence-electron chi connectivity index (χ4n) is 5.17. The molecule has 2 aliphatic heterocycles. The van der Waals surface area contributed by atoms with E-state index in [1.165, 1.54) is 6.26 Å². The van der Waals surface area contributed by atoms with Crippen molar-refractivity contribution in [2.45, 2.75) is 57.7 Å². The van der Waals surface area contributed by atoms with Crippen LogP contribution in [0.1, 0.15) is 51.2 Å². The Morgan fingerprint density at radius 1 is 1.30 bits per heavy atom. The summed E-state index contributed by atoms with van der Waals surface area (Å²) in [4.78, 5) is 0. The Kier molecular flexibility index (Phi) is 4.57. The monoisotopic (exact) mass is 411 g/mol. The Labute approximate surface area is 164 Å². The number of aromatic amines is 1. The third kappa shape index (κ3) is 3.18. The Bertz CT molecular complexity index is 958.